The summed E-state index contributed by atoms with van der Waals surface area (Å²) in [5.74, 6) is 0.101. The fraction of sp³-hybridized carbons (Fsp3) is 0.321. The molecule has 1 aliphatic rings. The standard InChI is InChI=1S/C26H27F3N6O2.C2H6/c27-26(28,29)23-12-21(4-1-18(23)15-35-9-7-32-8-10-35)34-24(36)16-37-22-5-2-17(3-6-22)20-11-19(13-30)25(31)33-14-20;1-2/h1-6,11-14,30,32H,7-10,15-16H2,(H2,31,33)(H,34,36);1-2H3. The van der Waals surface area contributed by atoms with Crippen molar-refractivity contribution in [1.29, 1.82) is 5.41 Å². The molecule has 1 aliphatic heterocycles. The van der Waals surface area contributed by atoms with Crippen LogP contribution in [0.5, 0.6) is 5.75 Å². The second-order valence-electron chi connectivity index (χ2n) is 8.60. The average molecular weight is 543 g/mol. The third-order valence-corrected chi connectivity index (χ3v) is 5.97. The third-order valence-electron chi connectivity index (χ3n) is 5.97. The first kappa shape index (κ1) is 29.6. The van der Waals surface area contributed by atoms with Crippen molar-refractivity contribution < 1.29 is 22.7 Å². The molecule has 0 bridgehead atoms. The van der Waals surface area contributed by atoms with Crippen molar-refractivity contribution in [3.05, 3.63) is 71.4 Å². The van der Waals surface area contributed by atoms with E-state index < -0.39 is 17.6 Å². The molecule has 1 amide bonds. The van der Waals surface area contributed by atoms with E-state index in [-0.39, 0.29) is 30.2 Å². The Bertz CT molecular complexity index is 1260. The van der Waals surface area contributed by atoms with Crippen molar-refractivity contribution in [2.45, 2.75) is 26.6 Å². The van der Waals surface area contributed by atoms with E-state index in [9.17, 15) is 18.0 Å². The highest BCUT2D eigenvalue weighted by atomic mass is 19.4. The van der Waals surface area contributed by atoms with Crippen LogP contribution in [-0.2, 0) is 17.5 Å². The lowest BCUT2D eigenvalue weighted by Crippen LogP contribution is -2.43. The summed E-state index contributed by atoms with van der Waals surface area (Å²) in [5, 5.41) is 13.1. The van der Waals surface area contributed by atoms with Crippen molar-refractivity contribution in [1.82, 2.24) is 15.2 Å². The van der Waals surface area contributed by atoms with Gasteiger partial charge in [0.15, 0.2) is 6.61 Å². The van der Waals surface area contributed by atoms with Crippen molar-refractivity contribution in [3.8, 4) is 16.9 Å². The van der Waals surface area contributed by atoms with Gasteiger partial charge in [0.1, 0.15) is 11.6 Å². The Labute approximate surface area is 225 Å². The number of anilines is 2. The number of amides is 1. The number of nitrogens with one attached hydrogen (secondary N) is 3. The van der Waals surface area contributed by atoms with Gasteiger partial charge in [-0.2, -0.15) is 13.2 Å². The first-order chi connectivity index (χ1) is 18.7. The Kier molecular flexibility index (Phi) is 10.4. The maximum absolute atomic E-state index is 13.7. The summed E-state index contributed by atoms with van der Waals surface area (Å²) in [4.78, 5) is 18.4. The second kappa shape index (κ2) is 13.7. The first-order valence-corrected chi connectivity index (χ1v) is 12.7. The molecular weight excluding hydrogens is 509 g/mol. The Balaban J connectivity index is 0.00000205. The maximum atomic E-state index is 13.7. The molecule has 11 heteroatoms. The number of pyridine rings is 1. The van der Waals surface area contributed by atoms with E-state index in [1.165, 1.54) is 12.1 Å². The topological polar surface area (TPSA) is 116 Å². The molecule has 2 aromatic carbocycles. The zero-order valence-electron chi connectivity index (χ0n) is 21.9. The van der Waals surface area contributed by atoms with Crippen LogP contribution in [0.3, 0.4) is 0 Å². The molecule has 0 saturated carbocycles. The zero-order chi connectivity index (χ0) is 28.4. The van der Waals surface area contributed by atoms with E-state index in [4.69, 9.17) is 15.9 Å². The Morgan fingerprint density at radius 1 is 1.13 bits per heavy atom. The van der Waals surface area contributed by atoms with Gasteiger partial charge in [-0.25, -0.2) is 4.98 Å². The van der Waals surface area contributed by atoms with E-state index in [0.29, 0.717) is 24.4 Å². The van der Waals surface area contributed by atoms with Crippen LogP contribution < -0.4 is 21.1 Å². The lowest BCUT2D eigenvalue weighted by molar-refractivity contribution is -0.138. The molecule has 1 aromatic heterocycles. The minimum Gasteiger partial charge on any atom is -0.484 e. The number of benzene rings is 2. The molecule has 2 heterocycles. The SMILES string of the molecule is CC.N=Cc1cc(-c2ccc(OCC(=O)Nc3ccc(CN4CCNCC4)c(C(F)(F)F)c3)cc2)cnc1N. The summed E-state index contributed by atoms with van der Waals surface area (Å²) in [6.45, 7) is 6.65. The fourth-order valence-electron chi connectivity index (χ4n) is 4.02. The number of ether oxygens (including phenoxy) is 1. The molecule has 0 aliphatic carbocycles. The van der Waals surface area contributed by atoms with Crippen LogP contribution in [0.25, 0.3) is 11.1 Å². The smallest absolute Gasteiger partial charge is 0.416 e. The molecule has 4 rings (SSSR count). The molecule has 8 nitrogen and oxygen atoms in total. The highest BCUT2D eigenvalue weighted by molar-refractivity contribution is 5.92. The number of aromatic nitrogens is 1. The summed E-state index contributed by atoms with van der Waals surface area (Å²) in [6.07, 6.45) is -1.82. The molecule has 0 spiro atoms. The van der Waals surface area contributed by atoms with Gasteiger partial charge in [0.25, 0.3) is 5.91 Å². The van der Waals surface area contributed by atoms with Gasteiger partial charge < -0.3 is 26.5 Å². The van der Waals surface area contributed by atoms with E-state index >= 15 is 0 Å². The molecule has 0 atom stereocenters. The van der Waals surface area contributed by atoms with Gasteiger partial charge in [-0.15, -0.1) is 0 Å². The number of alkyl halides is 3. The van der Waals surface area contributed by atoms with Crippen LogP contribution >= 0.6 is 0 Å². The van der Waals surface area contributed by atoms with Crippen LogP contribution in [0.4, 0.5) is 24.7 Å². The van der Waals surface area contributed by atoms with E-state index in [2.05, 4.69) is 15.6 Å². The Morgan fingerprint density at radius 3 is 2.46 bits per heavy atom. The predicted molar refractivity (Wildman–Crippen MR) is 147 cm³/mol. The highest BCUT2D eigenvalue weighted by Gasteiger charge is 2.34. The van der Waals surface area contributed by atoms with Gasteiger partial charge >= 0.3 is 6.18 Å². The van der Waals surface area contributed by atoms with Gasteiger partial charge in [0.2, 0.25) is 0 Å². The van der Waals surface area contributed by atoms with Crippen molar-refractivity contribution >= 4 is 23.6 Å². The number of nitrogen functional groups attached to an aromatic ring is 1. The quantitative estimate of drug-likeness (QED) is 0.304. The minimum absolute atomic E-state index is 0.0539. The lowest BCUT2D eigenvalue weighted by Gasteiger charge is -2.28. The number of halogens is 3. The molecule has 1 fully saturated rings. The second-order valence-corrected chi connectivity index (χ2v) is 8.60. The number of hydrogen-bond donors (Lipinski definition) is 4. The molecule has 3 aromatic rings. The fourth-order valence-corrected chi connectivity index (χ4v) is 4.02. The summed E-state index contributed by atoms with van der Waals surface area (Å²) in [5.41, 5.74) is 7.26. The van der Waals surface area contributed by atoms with Crippen LogP contribution in [0.1, 0.15) is 30.5 Å². The van der Waals surface area contributed by atoms with E-state index in [1.54, 1.807) is 36.5 Å². The number of carbonyl (C=O) groups is 1. The number of nitrogens with two attached hydrogens (primary N) is 1. The molecule has 208 valence electrons. The molecule has 0 radical (unpaired) electrons. The van der Waals surface area contributed by atoms with Gasteiger partial charge in [-0.05, 0) is 41.5 Å². The van der Waals surface area contributed by atoms with Gasteiger partial charge in [0, 0.05) is 61.9 Å². The first-order valence-electron chi connectivity index (χ1n) is 12.7. The van der Waals surface area contributed by atoms with Crippen LogP contribution in [0.15, 0.2) is 54.7 Å². The molecular formula is C28H33F3N6O2. The monoisotopic (exact) mass is 542 g/mol. The Morgan fingerprint density at radius 2 is 1.82 bits per heavy atom. The minimum atomic E-state index is -4.54. The highest BCUT2D eigenvalue weighted by Crippen LogP contribution is 2.34. The summed E-state index contributed by atoms with van der Waals surface area (Å²) < 4.78 is 46.6. The normalized spacial score (nSPS) is 13.7. The maximum Gasteiger partial charge on any atom is 0.416 e. The van der Waals surface area contributed by atoms with Crippen molar-refractivity contribution in [2.75, 3.05) is 43.8 Å². The van der Waals surface area contributed by atoms with Crippen LogP contribution in [-0.4, -0.2) is 54.8 Å². The van der Waals surface area contributed by atoms with Crippen molar-refractivity contribution in [3.63, 3.8) is 0 Å². The number of rotatable bonds is 8. The van der Waals surface area contributed by atoms with Crippen molar-refractivity contribution in [2.24, 2.45) is 0 Å². The number of nitrogens with zero attached hydrogens (tertiary/aromatic N) is 2. The van der Waals surface area contributed by atoms with Gasteiger partial charge in [-0.1, -0.05) is 32.0 Å². The average Bonchev–Trinajstić information content (AvgIpc) is 2.94. The van der Waals surface area contributed by atoms with Gasteiger partial charge in [-0.3, -0.25) is 9.69 Å². The number of carbonyl (C=O) groups excluding carboxylic acids is 1. The number of hydrogen-bond acceptors (Lipinski definition) is 7. The molecule has 39 heavy (non-hydrogen) atoms. The lowest BCUT2D eigenvalue weighted by atomic mass is 10.0. The van der Waals surface area contributed by atoms with Gasteiger partial charge in [0.05, 0.1) is 5.56 Å². The van der Waals surface area contributed by atoms with E-state index in [1.807, 2.05) is 18.7 Å². The summed E-state index contributed by atoms with van der Waals surface area (Å²) in [7, 11) is 0. The zero-order valence-corrected chi connectivity index (χ0v) is 21.9. The van der Waals surface area contributed by atoms with Crippen LogP contribution in [0.2, 0.25) is 0 Å². The summed E-state index contributed by atoms with van der Waals surface area (Å²) >= 11 is 0. The molecule has 5 N–H and O–H groups in total. The molecule has 0 unspecified atom stereocenters. The van der Waals surface area contributed by atoms with Crippen LogP contribution in [0, 0.1) is 5.41 Å². The third kappa shape index (κ3) is 8.26. The molecule has 1 saturated heterocycles. The Hall–Kier alpha value is -3.96. The van der Waals surface area contributed by atoms with E-state index in [0.717, 1.165) is 36.5 Å². The summed E-state index contributed by atoms with van der Waals surface area (Å²) in [6, 6.07) is 12.4. The predicted octanol–water partition coefficient (Wildman–Crippen LogP) is 4.80. The number of piperazine rings is 1. The largest absolute Gasteiger partial charge is 0.484 e.